The minimum absolute atomic E-state index is 0.00558. The van der Waals surface area contributed by atoms with E-state index in [9.17, 15) is 4.79 Å². The highest BCUT2D eigenvalue weighted by Crippen LogP contribution is 2.34. The number of hydrogen-bond acceptors (Lipinski definition) is 6. The Morgan fingerprint density at radius 1 is 1.30 bits per heavy atom. The Labute approximate surface area is 160 Å². The number of para-hydroxylation sites is 2. The predicted molar refractivity (Wildman–Crippen MR) is 105 cm³/mol. The van der Waals surface area contributed by atoms with Gasteiger partial charge in [-0.05, 0) is 44.0 Å². The number of nitrogens with one attached hydrogen (secondary N) is 1. The molecule has 0 radical (unpaired) electrons. The zero-order valence-corrected chi connectivity index (χ0v) is 16.0. The lowest BCUT2D eigenvalue weighted by atomic mass is 10.2. The number of likely N-dealkylation sites (N-methyl/N-ethyl adjacent to an activating group) is 1. The number of H-pyrrole nitrogens is 1. The zero-order valence-electron chi connectivity index (χ0n) is 15.2. The van der Waals surface area contributed by atoms with Gasteiger partial charge >= 0.3 is 0 Å². The van der Waals surface area contributed by atoms with Crippen LogP contribution in [-0.4, -0.2) is 41.2 Å². The lowest BCUT2D eigenvalue weighted by Gasteiger charge is -2.29. The van der Waals surface area contributed by atoms with Gasteiger partial charge in [0.25, 0.3) is 5.56 Å². The fourth-order valence-electron chi connectivity index (χ4n) is 3.94. The second-order valence-electron chi connectivity index (χ2n) is 7.24. The number of nitrogens with zero attached hydrogens (tertiary/aromatic N) is 2. The first kappa shape index (κ1) is 16.8. The van der Waals surface area contributed by atoms with E-state index in [0.717, 1.165) is 41.0 Å². The number of aryl methyl sites for hydroxylation is 2. The SMILES string of the molecule is CN(Cc1nc2sc3c(c2c(=O)[nH]1)CCC3)C[C@@H]1COc2ccccc2O1. The van der Waals surface area contributed by atoms with Crippen molar-refractivity contribution < 1.29 is 9.47 Å². The number of ether oxygens (including phenoxy) is 2. The van der Waals surface area contributed by atoms with Crippen molar-refractivity contribution in [3.63, 3.8) is 0 Å². The number of thiophene rings is 1. The van der Waals surface area contributed by atoms with Gasteiger partial charge in [0, 0.05) is 11.4 Å². The number of aromatic nitrogens is 2. The molecule has 6 nitrogen and oxygen atoms in total. The molecule has 3 heterocycles. The van der Waals surface area contributed by atoms with Gasteiger partial charge in [0.2, 0.25) is 0 Å². The molecular weight excluding hydrogens is 362 g/mol. The molecule has 5 rings (SSSR count). The van der Waals surface area contributed by atoms with E-state index in [2.05, 4.69) is 9.88 Å². The summed E-state index contributed by atoms with van der Waals surface area (Å²) in [6.07, 6.45) is 3.17. The highest BCUT2D eigenvalue weighted by atomic mass is 32.1. The number of fused-ring (bicyclic) bond motifs is 4. The van der Waals surface area contributed by atoms with Crippen molar-refractivity contribution in [2.75, 3.05) is 20.2 Å². The molecule has 27 heavy (non-hydrogen) atoms. The van der Waals surface area contributed by atoms with E-state index >= 15 is 0 Å². The average Bonchev–Trinajstić information content (AvgIpc) is 3.22. The summed E-state index contributed by atoms with van der Waals surface area (Å²) in [5.41, 5.74) is 1.21. The molecule has 0 saturated carbocycles. The van der Waals surface area contributed by atoms with E-state index in [1.165, 1.54) is 10.4 Å². The first-order valence-corrected chi connectivity index (χ1v) is 10.1. The molecule has 1 atom stereocenters. The minimum Gasteiger partial charge on any atom is -0.486 e. The van der Waals surface area contributed by atoms with Gasteiger partial charge in [0.15, 0.2) is 11.5 Å². The number of aromatic amines is 1. The molecule has 0 spiro atoms. The van der Waals surface area contributed by atoms with Crippen LogP contribution >= 0.6 is 11.3 Å². The third-order valence-electron chi connectivity index (χ3n) is 5.13. The summed E-state index contributed by atoms with van der Waals surface area (Å²) in [7, 11) is 2.00. The van der Waals surface area contributed by atoms with E-state index in [1.54, 1.807) is 11.3 Å². The Balaban J connectivity index is 1.30. The molecule has 1 aromatic carbocycles. The van der Waals surface area contributed by atoms with Gasteiger partial charge in [-0.1, -0.05) is 12.1 Å². The molecule has 7 heteroatoms. The highest BCUT2D eigenvalue weighted by Gasteiger charge is 2.23. The standard InChI is InChI=1S/C20H21N3O3S/c1-23(9-12-11-25-14-6-2-3-7-15(14)26-12)10-17-21-19(24)18-13-5-4-8-16(13)27-20(18)22-17/h2-3,6-7,12H,4-5,8-11H2,1H3,(H,21,22,24)/t12-/m1/s1. The maximum absolute atomic E-state index is 12.6. The van der Waals surface area contributed by atoms with Crippen LogP contribution in [0.2, 0.25) is 0 Å². The molecule has 2 aromatic heterocycles. The van der Waals surface area contributed by atoms with Crippen LogP contribution in [0.3, 0.4) is 0 Å². The average molecular weight is 383 g/mol. The zero-order chi connectivity index (χ0) is 18.4. The summed E-state index contributed by atoms with van der Waals surface area (Å²) in [5, 5.41) is 0.805. The van der Waals surface area contributed by atoms with Crippen LogP contribution in [0.25, 0.3) is 10.2 Å². The summed E-state index contributed by atoms with van der Waals surface area (Å²) in [6, 6.07) is 7.71. The normalized spacial score (nSPS) is 18.2. The van der Waals surface area contributed by atoms with E-state index in [-0.39, 0.29) is 11.7 Å². The molecule has 140 valence electrons. The molecule has 1 N–H and O–H groups in total. The quantitative estimate of drug-likeness (QED) is 0.750. The number of hydrogen-bond donors (Lipinski definition) is 1. The Hall–Kier alpha value is -2.38. The van der Waals surface area contributed by atoms with Crippen LogP contribution in [0.15, 0.2) is 29.1 Å². The van der Waals surface area contributed by atoms with Gasteiger partial charge in [-0.2, -0.15) is 0 Å². The first-order valence-electron chi connectivity index (χ1n) is 9.28. The third kappa shape index (κ3) is 3.11. The molecule has 0 unspecified atom stereocenters. The largest absolute Gasteiger partial charge is 0.486 e. The van der Waals surface area contributed by atoms with Crippen LogP contribution in [0.5, 0.6) is 11.5 Å². The van der Waals surface area contributed by atoms with Gasteiger partial charge in [-0.15, -0.1) is 11.3 Å². The van der Waals surface area contributed by atoms with E-state index in [1.807, 2.05) is 31.3 Å². The Morgan fingerprint density at radius 2 is 2.15 bits per heavy atom. The van der Waals surface area contributed by atoms with Gasteiger partial charge in [0.1, 0.15) is 23.4 Å². The maximum Gasteiger partial charge on any atom is 0.259 e. The van der Waals surface area contributed by atoms with E-state index in [4.69, 9.17) is 14.5 Å². The van der Waals surface area contributed by atoms with E-state index < -0.39 is 0 Å². The summed E-state index contributed by atoms with van der Waals surface area (Å²) in [6.45, 7) is 1.77. The van der Waals surface area contributed by atoms with Crippen molar-refractivity contribution in [1.29, 1.82) is 0 Å². The van der Waals surface area contributed by atoms with Gasteiger partial charge in [-0.3, -0.25) is 9.69 Å². The summed E-state index contributed by atoms with van der Waals surface area (Å²) in [4.78, 5) is 24.6. The number of rotatable bonds is 4. The molecule has 1 aliphatic carbocycles. The Bertz CT molecular complexity index is 1060. The van der Waals surface area contributed by atoms with Crippen LogP contribution in [-0.2, 0) is 19.4 Å². The highest BCUT2D eigenvalue weighted by molar-refractivity contribution is 7.18. The molecule has 1 aliphatic heterocycles. The van der Waals surface area contributed by atoms with Crippen molar-refractivity contribution >= 4 is 21.6 Å². The molecule has 0 bridgehead atoms. The molecule has 2 aliphatic rings. The van der Waals surface area contributed by atoms with Gasteiger partial charge in [-0.25, -0.2) is 4.98 Å². The Morgan fingerprint density at radius 3 is 3.04 bits per heavy atom. The summed E-state index contributed by atoms with van der Waals surface area (Å²) < 4.78 is 11.8. The van der Waals surface area contributed by atoms with Gasteiger partial charge < -0.3 is 14.5 Å². The number of benzene rings is 1. The van der Waals surface area contributed by atoms with Crippen molar-refractivity contribution in [3.8, 4) is 11.5 Å². The third-order valence-corrected chi connectivity index (χ3v) is 6.31. The van der Waals surface area contributed by atoms with Crippen LogP contribution in [0, 0.1) is 0 Å². The lowest BCUT2D eigenvalue weighted by Crippen LogP contribution is -2.39. The monoisotopic (exact) mass is 383 g/mol. The molecular formula is C20H21N3O3S. The van der Waals surface area contributed by atoms with Crippen LogP contribution < -0.4 is 15.0 Å². The van der Waals surface area contributed by atoms with Crippen LogP contribution in [0.1, 0.15) is 22.7 Å². The molecule has 0 fully saturated rings. The van der Waals surface area contributed by atoms with E-state index in [0.29, 0.717) is 25.5 Å². The van der Waals surface area contributed by atoms with Crippen molar-refractivity contribution in [2.24, 2.45) is 0 Å². The first-order chi connectivity index (χ1) is 13.2. The predicted octanol–water partition coefficient (Wildman–Crippen LogP) is 2.75. The fraction of sp³-hybridized carbons (Fsp3) is 0.400. The van der Waals surface area contributed by atoms with Gasteiger partial charge in [0.05, 0.1) is 11.9 Å². The Kier molecular flexibility index (Phi) is 4.13. The summed E-state index contributed by atoms with van der Waals surface area (Å²) >= 11 is 1.68. The van der Waals surface area contributed by atoms with Crippen molar-refractivity contribution in [1.82, 2.24) is 14.9 Å². The molecule has 0 amide bonds. The molecule has 0 saturated heterocycles. The van der Waals surface area contributed by atoms with Crippen molar-refractivity contribution in [3.05, 3.63) is 50.9 Å². The smallest absolute Gasteiger partial charge is 0.259 e. The fourth-order valence-corrected chi connectivity index (χ4v) is 5.22. The van der Waals surface area contributed by atoms with Crippen molar-refractivity contribution in [2.45, 2.75) is 31.9 Å². The summed E-state index contributed by atoms with van der Waals surface area (Å²) in [5.74, 6) is 2.27. The van der Waals surface area contributed by atoms with Crippen LogP contribution in [0.4, 0.5) is 0 Å². The lowest BCUT2D eigenvalue weighted by molar-refractivity contribution is 0.0632. The molecule has 3 aromatic rings. The minimum atomic E-state index is -0.0501. The topological polar surface area (TPSA) is 67.5 Å². The second-order valence-corrected chi connectivity index (χ2v) is 8.33. The maximum atomic E-state index is 12.6. The second kappa shape index (κ2) is 6.65.